The van der Waals surface area contributed by atoms with E-state index in [9.17, 15) is 18.0 Å². The molecule has 1 rings (SSSR count). The van der Waals surface area contributed by atoms with E-state index in [1.807, 2.05) is 0 Å². The lowest BCUT2D eigenvalue weighted by Crippen LogP contribution is -2.34. The van der Waals surface area contributed by atoms with Crippen LogP contribution in [0, 0.1) is 5.92 Å². The molecule has 0 aliphatic rings. The first-order chi connectivity index (χ1) is 9.19. The lowest BCUT2D eigenvalue weighted by Gasteiger charge is -2.16. The Bertz CT molecular complexity index is 461. The molecule has 0 aliphatic heterocycles. The van der Waals surface area contributed by atoms with Crippen molar-refractivity contribution in [1.82, 2.24) is 0 Å². The van der Waals surface area contributed by atoms with E-state index in [0.717, 1.165) is 0 Å². The molecule has 0 bridgehead atoms. The van der Waals surface area contributed by atoms with Crippen LogP contribution in [-0.2, 0) is 4.79 Å². The third-order valence-corrected chi connectivity index (χ3v) is 2.71. The molecule has 0 fully saturated rings. The summed E-state index contributed by atoms with van der Waals surface area (Å²) in [6, 6.07) is 5.46. The maximum Gasteiger partial charge on any atom is 0.422 e. The van der Waals surface area contributed by atoms with Crippen LogP contribution in [0.1, 0.15) is 13.8 Å². The summed E-state index contributed by atoms with van der Waals surface area (Å²) in [6.45, 7) is 2.00. The first-order valence-electron chi connectivity index (χ1n) is 6.05. The maximum atomic E-state index is 12.0. The third-order valence-electron chi connectivity index (χ3n) is 2.71. The van der Waals surface area contributed by atoms with Crippen molar-refractivity contribution >= 4 is 11.6 Å². The number of benzene rings is 1. The molecule has 1 aromatic carbocycles. The Hall–Kier alpha value is -1.76. The van der Waals surface area contributed by atoms with Crippen molar-refractivity contribution in [3.8, 4) is 5.75 Å². The van der Waals surface area contributed by atoms with Gasteiger partial charge in [0.2, 0.25) is 5.91 Å². The van der Waals surface area contributed by atoms with Crippen LogP contribution in [0.3, 0.4) is 0 Å². The van der Waals surface area contributed by atoms with Crippen LogP contribution in [-0.4, -0.2) is 24.7 Å². The lowest BCUT2D eigenvalue weighted by molar-refractivity contribution is -0.153. The van der Waals surface area contributed by atoms with E-state index in [0.29, 0.717) is 5.69 Å². The van der Waals surface area contributed by atoms with E-state index in [4.69, 9.17) is 5.73 Å². The standard InChI is InChI=1S/C13H17F3N2O2/c1-8(9(2)17)12(19)18-10-4-3-5-11(6-10)20-7-13(14,15)16/h3-6,8-9H,7,17H2,1-2H3,(H,18,19). The van der Waals surface area contributed by atoms with E-state index in [1.165, 1.54) is 18.2 Å². The Morgan fingerprint density at radius 1 is 1.40 bits per heavy atom. The van der Waals surface area contributed by atoms with E-state index >= 15 is 0 Å². The van der Waals surface area contributed by atoms with Gasteiger partial charge in [0.05, 0.1) is 5.92 Å². The van der Waals surface area contributed by atoms with E-state index in [-0.39, 0.29) is 17.7 Å². The van der Waals surface area contributed by atoms with Crippen molar-refractivity contribution in [2.24, 2.45) is 11.7 Å². The summed E-state index contributed by atoms with van der Waals surface area (Å²) < 4.78 is 40.7. The second-order valence-electron chi connectivity index (χ2n) is 4.57. The average molecular weight is 290 g/mol. The molecule has 0 saturated heterocycles. The van der Waals surface area contributed by atoms with Gasteiger partial charge >= 0.3 is 6.18 Å². The number of anilines is 1. The predicted molar refractivity (Wildman–Crippen MR) is 69.4 cm³/mol. The molecule has 3 N–H and O–H groups in total. The van der Waals surface area contributed by atoms with Crippen LogP contribution >= 0.6 is 0 Å². The highest BCUT2D eigenvalue weighted by Crippen LogP contribution is 2.21. The van der Waals surface area contributed by atoms with Crippen molar-refractivity contribution in [2.75, 3.05) is 11.9 Å². The zero-order valence-electron chi connectivity index (χ0n) is 11.2. The highest BCUT2D eigenvalue weighted by Gasteiger charge is 2.28. The number of carbonyl (C=O) groups excluding carboxylic acids is 1. The van der Waals surface area contributed by atoms with Crippen LogP contribution in [0.2, 0.25) is 0 Å². The first kappa shape index (κ1) is 16.3. The Labute approximate surface area is 115 Å². The Morgan fingerprint density at radius 2 is 2.05 bits per heavy atom. The Balaban J connectivity index is 2.66. The fourth-order valence-corrected chi connectivity index (χ4v) is 1.32. The van der Waals surface area contributed by atoms with Gasteiger partial charge in [-0.3, -0.25) is 4.79 Å². The van der Waals surface area contributed by atoms with Gasteiger partial charge < -0.3 is 15.8 Å². The SMILES string of the molecule is CC(N)C(C)C(=O)Nc1cccc(OCC(F)(F)F)c1. The van der Waals surface area contributed by atoms with Gasteiger partial charge in [-0.1, -0.05) is 13.0 Å². The third kappa shape index (κ3) is 5.48. The highest BCUT2D eigenvalue weighted by molar-refractivity contribution is 5.92. The zero-order chi connectivity index (χ0) is 15.3. The topological polar surface area (TPSA) is 64.4 Å². The number of ether oxygens (including phenoxy) is 1. The number of amides is 1. The number of carbonyl (C=O) groups is 1. The number of halogens is 3. The molecule has 0 aliphatic carbocycles. The summed E-state index contributed by atoms with van der Waals surface area (Å²) >= 11 is 0. The van der Waals surface area contributed by atoms with E-state index in [2.05, 4.69) is 10.1 Å². The molecule has 0 aromatic heterocycles. The summed E-state index contributed by atoms with van der Waals surface area (Å²) in [5.74, 6) is -0.670. The van der Waals surface area contributed by atoms with Crippen molar-refractivity contribution in [3.63, 3.8) is 0 Å². The molecule has 2 atom stereocenters. The molecular weight excluding hydrogens is 273 g/mol. The summed E-state index contributed by atoms with van der Waals surface area (Å²) in [5, 5.41) is 2.58. The number of nitrogens with one attached hydrogen (secondary N) is 1. The maximum absolute atomic E-state index is 12.0. The summed E-state index contributed by atoms with van der Waals surface area (Å²) in [5.41, 5.74) is 5.97. The largest absolute Gasteiger partial charge is 0.484 e. The monoisotopic (exact) mass is 290 g/mol. The van der Waals surface area contributed by atoms with Gasteiger partial charge in [0.1, 0.15) is 5.75 Å². The number of nitrogens with two attached hydrogens (primary N) is 1. The molecule has 112 valence electrons. The minimum absolute atomic E-state index is 0.0357. The van der Waals surface area contributed by atoms with Gasteiger partial charge in [-0.15, -0.1) is 0 Å². The molecule has 1 aromatic rings. The minimum atomic E-state index is -4.40. The van der Waals surface area contributed by atoms with Crippen LogP contribution in [0.15, 0.2) is 24.3 Å². The molecule has 2 unspecified atom stereocenters. The van der Waals surface area contributed by atoms with Gasteiger partial charge in [-0.25, -0.2) is 0 Å². The average Bonchev–Trinajstić information content (AvgIpc) is 2.35. The molecule has 4 nitrogen and oxygen atoms in total. The van der Waals surface area contributed by atoms with Gasteiger partial charge in [0.25, 0.3) is 0 Å². The predicted octanol–water partition coefficient (Wildman–Crippen LogP) is 2.55. The summed E-state index contributed by atoms with van der Waals surface area (Å²) in [4.78, 5) is 11.8. The fourth-order valence-electron chi connectivity index (χ4n) is 1.32. The number of alkyl halides is 3. The fraction of sp³-hybridized carbons (Fsp3) is 0.462. The molecule has 0 radical (unpaired) electrons. The van der Waals surface area contributed by atoms with Gasteiger partial charge in [0.15, 0.2) is 6.61 Å². The number of rotatable bonds is 5. The normalized spacial score (nSPS) is 14.5. The van der Waals surface area contributed by atoms with Gasteiger partial charge in [0, 0.05) is 17.8 Å². The van der Waals surface area contributed by atoms with Crippen LogP contribution in [0.25, 0.3) is 0 Å². The molecule has 0 spiro atoms. The summed E-state index contributed by atoms with van der Waals surface area (Å²) in [7, 11) is 0. The number of hydrogen-bond acceptors (Lipinski definition) is 3. The molecular formula is C13H17F3N2O2. The van der Waals surface area contributed by atoms with Gasteiger partial charge in [-0.05, 0) is 19.1 Å². The van der Waals surface area contributed by atoms with Crippen molar-refractivity contribution in [1.29, 1.82) is 0 Å². The second kappa shape index (κ2) is 6.60. The van der Waals surface area contributed by atoms with E-state index < -0.39 is 18.7 Å². The first-order valence-corrected chi connectivity index (χ1v) is 6.05. The molecule has 7 heteroatoms. The lowest BCUT2D eigenvalue weighted by atomic mass is 10.0. The quantitative estimate of drug-likeness (QED) is 0.876. The molecule has 1 amide bonds. The summed E-state index contributed by atoms with van der Waals surface area (Å²) in [6.07, 6.45) is -4.40. The van der Waals surface area contributed by atoms with Crippen LogP contribution in [0.4, 0.5) is 18.9 Å². The second-order valence-corrected chi connectivity index (χ2v) is 4.57. The number of hydrogen-bond donors (Lipinski definition) is 2. The van der Waals surface area contributed by atoms with Crippen molar-refractivity contribution in [2.45, 2.75) is 26.1 Å². The zero-order valence-corrected chi connectivity index (χ0v) is 11.2. The molecule has 0 heterocycles. The Morgan fingerprint density at radius 3 is 2.60 bits per heavy atom. The minimum Gasteiger partial charge on any atom is -0.484 e. The van der Waals surface area contributed by atoms with Gasteiger partial charge in [-0.2, -0.15) is 13.2 Å². The van der Waals surface area contributed by atoms with Crippen molar-refractivity contribution < 1.29 is 22.7 Å². The molecule has 20 heavy (non-hydrogen) atoms. The van der Waals surface area contributed by atoms with Crippen LogP contribution < -0.4 is 15.8 Å². The smallest absolute Gasteiger partial charge is 0.422 e. The molecule has 0 saturated carbocycles. The van der Waals surface area contributed by atoms with Crippen LogP contribution in [0.5, 0.6) is 5.75 Å². The Kier molecular flexibility index (Phi) is 5.38. The van der Waals surface area contributed by atoms with E-state index in [1.54, 1.807) is 19.9 Å². The van der Waals surface area contributed by atoms with Crippen molar-refractivity contribution in [3.05, 3.63) is 24.3 Å². The highest BCUT2D eigenvalue weighted by atomic mass is 19.4.